The Kier molecular flexibility index (Phi) is 9.03. The van der Waals surface area contributed by atoms with E-state index in [2.05, 4.69) is 4.90 Å². The summed E-state index contributed by atoms with van der Waals surface area (Å²) in [5, 5.41) is 12.1. The molecule has 0 amide bonds. The molecule has 1 heterocycles. The number of anilines is 1. The van der Waals surface area contributed by atoms with Crippen LogP contribution in [-0.4, -0.2) is 18.2 Å². The summed E-state index contributed by atoms with van der Waals surface area (Å²) in [6, 6.07) is 10.7. The molecule has 1 unspecified atom stereocenters. The Morgan fingerprint density at radius 3 is 2.40 bits per heavy atom. The van der Waals surface area contributed by atoms with Crippen LogP contribution in [0.15, 0.2) is 36.4 Å². The van der Waals surface area contributed by atoms with Crippen molar-refractivity contribution in [1.29, 1.82) is 0 Å². The van der Waals surface area contributed by atoms with Crippen molar-refractivity contribution >= 4 is 43.5 Å². The molecule has 134 valence electrons. The standard InChI is InChI=1S/C18H21FNOP.2ClH.Ti/c1-13-5-7-16(21)18(11-13)22-17-8-6-14(19)12-15(17)20-9-3-2-4-10-20;;;/h5-8,11-12,21-22H,2-4,9-10H2,1H3;2*1H;/q;;;+2/p-2. The van der Waals surface area contributed by atoms with Gasteiger partial charge in [0.25, 0.3) is 0 Å². The molecule has 0 aliphatic carbocycles. The number of hydrogen-bond donors (Lipinski definition) is 1. The van der Waals surface area contributed by atoms with Gasteiger partial charge in [-0.3, -0.25) is 0 Å². The Morgan fingerprint density at radius 1 is 1.04 bits per heavy atom. The molecule has 1 aliphatic rings. The number of hydrogen-bond acceptors (Lipinski definition) is 2. The predicted octanol–water partition coefficient (Wildman–Crippen LogP) is 4.84. The molecule has 0 spiro atoms. The van der Waals surface area contributed by atoms with Crippen molar-refractivity contribution in [1.82, 2.24) is 0 Å². The van der Waals surface area contributed by atoms with Crippen molar-refractivity contribution in [3.8, 4) is 5.75 Å². The quantitative estimate of drug-likeness (QED) is 0.551. The van der Waals surface area contributed by atoms with E-state index in [0.717, 1.165) is 47.8 Å². The number of benzene rings is 2. The fourth-order valence-electron chi connectivity index (χ4n) is 2.90. The molecule has 0 saturated carbocycles. The Bertz CT molecular complexity index is 699. The molecule has 1 aliphatic heterocycles. The van der Waals surface area contributed by atoms with Gasteiger partial charge < -0.3 is 10.0 Å². The average molecular weight is 436 g/mol. The summed E-state index contributed by atoms with van der Waals surface area (Å²) >= 11 is -0.556. The Hall–Kier alpha value is -0.306. The van der Waals surface area contributed by atoms with Gasteiger partial charge >= 0.3 is 35.6 Å². The van der Waals surface area contributed by atoms with E-state index in [1.807, 2.05) is 25.1 Å². The van der Waals surface area contributed by atoms with Crippen LogP contribution in [0, 0.1) is 12.7 Å². The number of aromatic hydroxyl groups is 1. The number of piperidine rings is 1. The molecule has 1 atom stereocenters. The first-order chi connectivity index (χ1) is 12.0. The third-order valence-corrected chi connectivity index (χ3v) is 5.44. The number of phenolic OH excluding ortho intramolecular Hbond substituents is 1. The topological polar surface area (TPSA) is 23.5 Å². The van der Waals surface area contributed by atoms with Crippen LogP contribution in [0.3, 0.4) is 0 Å². The van der Waals surface area contributed by atoms with E-state index in [1.165, 1.54) is 12.5 Å². The molecule has 2 nitrogen and oxygen atoms in total. The first-order valence-corrected chi connectivity index (χ1v) is 13.4. The van der Waals surface area contributed by atoms with Gasteiger partial charge in [-0.2, -0.15) is 0 Å². The Balaban J connectivity index is 0.000000701. The molecule has 0 bridgehead atoms. The summed E-state index contributed by atoms with van der Waals surface area (Å²) < 4.78 is 13.7. The van der Waals surface area contributed by atoms with Gasteiger partial charge in [0.15, 0.2) is 0 Å². The molecule has 3 rings (SSSR count). The van der Waals surface area contributed by atoms with Crippen molar-refractivity contribution in [3.63, 3.8) is 0 Å². The number of halogens is 3. The van der Waals surface area contributed by atoms with Crippen LogP contribution in [0.2, 0.25) is 0 Å². The van der Waals surface area contributed by atoms with Gasteiger partial charge in [0.1, 0.15) is 11.6 Å². The third kappa shape index (κ3) is 6.41. The Morgan fingerprint density at radius 2 is 1.72 bits per heavy atom. The van der Waals surface area contributed by atoms with E-state index in [9.17, 15) is 9.50 Å². The van der Waals surface area contributed by atoms with Gasteiger partial charge in [-0.15, -0.1) is 0 Å². The number of aryl methyl sites for hydroxylation is 1. The van der Waals surface area contributed by atoms with Gasteiger partial charge in [0, 0.05) is 29.4 Å². The summed E-state index contributed by atoms with van der Waals surface area (Å²) in [6.07, 6.45) is 3.58. The third-order valence-electron chi connectivity index (χ3n) is 4.08. The van der Waals surface area contributed by atoms with Crippen LogP contribution < -0.4 is 15.5 Å². The first-order valence-electron chi connectivity index (χ1n) is 8.12. The average Bonchev–Trinajstić information content (AvgIpc) is 2.61. The van der Waals surface area contributed by atoms with Crippen molar-refractivity contribution < 1.29 is 26.5 Å². The van der Waals surface area contributed by atoms with Gasteiger partial charge in [-0.25, -0.2) is 4.39 Å². The van der Waals surface area contributed by atoms with E-state index in [0.29, 0.717) is 14.3 Å². The fraction of sp³-hybridized carbons (Fsp3) is 0.333. The molecule has 0 radical (unpaired) electrons. The second kappa shape index (κ2) is 10.7. The molecule has 25 heavy (non-hydrogen) atoms. The van der Waals surface area contributed by atoms with Crippen molar-refractivity contribution in [3.05, 3.63) is 47.8 Å². The Labute approximate surface area is 167 Å². The summed E-state index contributed by atoms with van der Waals surface area (Å²) in [6.45, 7) is 3.99. The second-order valence-electron chi connectivity index (χ2n) is 5.93. The zero-order chi connectivity index (χ0) is 18.2. The SMILES string of the molecule is Cc1ccc(O)c(Pc2ccc(F)cc2N2CCCCC2)c1.[Cl][Ti][Cl]. The molecule has 2 aromatic rings. The van der Waals surface area contributed by atoms with E-state index < -0.39 is 17.0 Å². The van der Waals surface area contributed by atoms with Gasteiger partial charge in [-0.1, -0.05) is 20.2 Å². The molecule has 2 aromatic carbocycles. The van der Waals surface area contributed by atoms with E-state index in [-0.39, 0.29) is 5.82 Å². The fourth-order valence-corrected chi connectivity index (χ4v) is 4.23. The summed E-state index contributed by atoms with van der Waals surface area (Å²) in [5.41, 5.74) is 2.11. The van der Waals surface area contributed by atoms with Crippen molar-refractivity contribution in [2.75, 3.05) is 18.0 Å². The van der Waals surface area contributed by atoms with E-state index >= 15 is 0 Å². The summed E-state index contributed by atoms with van der Waals surface area (Å²) in [7, 11) is 10.1. The van der Waals surface area contributed by atoms with Crippen molar-refractivity contribution in [2.45, 2.75) is 26.2 Å². The normalized spacial score (nSPS) is 14.3. The van der Waals surface area contributed by atoms with Crippen LogP contribution in [-0.2, 0) is 17.0 Å². The second-order valence-corrected chi connectivity index (χ2v) is 9.83. The molecule has 1 N–H and O–H groups in total. The summed E-state index contributed by atoms with van der Waals surface area (Å²) in [4.78, 5) is 2.28. The van der Waals surface area contributed by atoms with Crippen molar-refractivity contribution in [2.24, 2.45) is 0 Å². The molecular formula is C18H21Cl2FNOPTi. The van der Waals surface area contributed by atoms with Gasteiger partial charge in [0.05, 0.1) is 0 Å². The van der Waals surface area contributed by atoms with Crippen LogP contribution in [0.4, 0.5) is 10.1 Å². The van der Waals surface area contributed by atoms with Crippen LogP contribution >= 0.6 is 27.2 Å². The van der Waals surface area contributed by atoms with Crippen LogP contribution in [0.25, 0.3) is 0 Å². The number of phenols is 1. The van der Waals surface area contributed by atoms with Gasteiger partial charge in [-0.05, 0) is 56.5 Å². The first kappa shape index (κ1) is 21.0. The molecule has 1 fully saturated rings. The monoisotopic (exact) mass is 435 g/mol. The maximum atomic E-state index is 13.7. The zero-order valence-corrected chi connectivity index (χ0v) is 18.1. The summed E-state index contributed by atoms with van der Waals surface area (Å²) in [5.74, 6) is 0.125. The predicted molar refractivity (Wildman–Crippen MR) is 105 cm³/mol. The van der Waals surface area contributed by atoms with Crippen LogP contribution in [0.5, 0.6) is 5.75 Å². The van der Waals surface area contributed by atoms with Crippen LogP contribution in [0.1, 0.15) is 24.8 Å². The maximum absolute atomic E-state index is 13.7. The minimum absolute atomic E-state index is 0.192. The van der Waals surface area contributed by atoms with E-state index in [4.69, 9.17) is 18.6 Å². The zero-order valence-electron chi connectivity index (χ0n) is 14.0. The molecule has 7 heteroatoms. The minimum atomic E-state index is -0.556. The number of rotatable bonds is 3. The molecule has 0 aromatic heterocycles. The van der Waals surface area contributed by atoms with E-state index in [1.54, 1.807) is 12.1 Å². The van der Waals surface area contributed by atoms with Gasteiger partial charge in [0.2, 0.25) is 0 Å². The molecular weight excluding hydrogens is 415 g/mol. The number of nitrogens with zero attached hydrogens (tertiary/aromatic N) is 1. The molecule has 1 saturated heterocycles.